The minimum atomic E-state index is 0.288. The van der Waals surface area contributed by atoms with E-state index in [1.165, 1.54) is 0 Å². The highest BCUT2D eigenvalue weighted by molar-refractivity contribution is 7.80. The first-order valence-electron chi connectivity index (χ1n) is 5.95. The average molecular weight is 281 g/mol. The number of hydrogen-bond acceptors (Lipinski definition) is 4. The molecule has 0 amide bonds. The highest BCUT2D eigenvalue weighted by Crippen LogP contribution is 1.95. The van der Waals surface area contributed by atoms with Crippen molar-refractivity contribution in [3.05, 3.63) is 30.1 Å². The van der Waals surface area contributed by atoms with Crippen LogP contribution in [0, 0.1) is 0 Å². The molecule has 0 aliphatic heterocycles. The maximum absolute atomic E-state index is 5.64. The quantitative estimate of drug-likeness (QED) is 0.296. The molecule has 0 radical (unpaired) electrons. The number of nitrogens with one attached hydrogen (secondary N) is 2. The summed E-state index contributed by atoms with van der Waals surface area (Å²) >= 11 is 5.09. The summed E-state index contributed by atoms with van der Waals surface area (Å²) in [7, 11) is 1.61. The van der Waals surface area contributed by atoms with Gasteiger partial charge in [0.2, 0.25) is 0 Å². The Labute approximate surface area is 118 Å². The summed E-state index contributed by atoms with van der Waals surface area (Å²) in [5, 5.41) is 6.32. The van der Waals surface area contributed by atoms with E-state index < -0.39 is 0 Å². The Hall–Kier alpha value is -1.73. The number of thiocarbonyl (C=S) groups is 1. The molecule has 0 saturated carbocycles. The summed E-state index contributed by atoms with van der Waals surface area (Å²) in [6.45, 7) is 1.75. The lowest BCUT2D eigenvalue weighted by atomic mass is 10.2. The monoisotopic (exact) mass is 281 g/mol. The van der Waals surface area contributed by atoms with E-state index in [1.54, 1.807) is 13.3 Å². The van der Waals surface area contributed by atoms with Gasteiger partial charge >= 0.3 is 0 Å². The topological polar surface area (TPSA) is 84.6 Å². The fraction of sp³-hybridized carbons (Fsp3) is 0.417. The zero-order chi connectivity index (χ0) is 13.9. The molecular weight excluding hydrogens is 262 g/mol. The minimum absolute atomic E-state index is 0.288. The SMILES string of the molecule is COCCN=C(N)NC(=S)NCCc1cccnc1. The van der Waals surface area contributed by atoms with Crippen LogP contribution in [0.5, 0.6) is 0 Å². The van der Waals surface area contributed by atoms with Gasteiger partial charge in [0, 0.05) is 26.0 Å². The molecule has 1 rings (SSSR count). The number of nitrogens with zero attached hydrogens (tertiary/aromatic N) is 2. The number of ether oxygens (including phenoxy) is 1. The molecular formula is C12H19N5OS. The predicted octanol–water partition coefficient (Wildman–Crippen LogP) is 0.0493. The van der Waals surface area contributed by atoms with Crippen molar-refractivity contribution >= 4 is 23.3 Å². The number of methoxy groups -OCH3 is 1. The van der Waals surface area contributed by atoms with Crippen LogP contribution in [-0.2, 0) is 11.2 Å². The number of pyridine rings is 1. The molecule has 0 aliphatic carbocycles. The fourth-order valence-corrected chi connectivity index (χ4v) is 1.53. The molecule has 1 heterocycles. The van der Waals surface area contributed by atoms with E-state index in [9.17, 15) is 0 Å². The molecule has 0 aliphatic rings. The van der Waals surface area contributed by atoms with Crippen LogP contribution in [0.2, 0.25) is 0 Å². The van der Waals surface area contributed by atoms with Gasteiger partial charge in [-0.25, -0.2) is 0 Å². The van der Waals surface area contributed by atoms with Crippen LogP contribution in [0.1, 0.15) is 5.56 Å². The van der Waals surface area contributed by atoms with Gasteiger partial charge in [0.15, 0.2) is 11.1 Å². The van der Waals surface area contributed by atoms with E-state index in [0.29, 0.717) is 24.8 Å². The number of rotatable bonds is 6. The van der Waals surface area contributed by atoms with Gasteiger partial charge in [-0.15, -0.1) is 0 Å². The third-order valence-corrected chi connectivity index (χ3v) is 2.49. The van der Waals surface area contributed by atoms with Crippen molar-refractivity contribution < 1.29 is 4.74 Å². The van der Waals surface area contributed by atoms with Crippen molar-refractivity contribution in [2.75, 3.05) is 26.8 Å². The van der Waals surface area contributed by atoms with Crippen LogP contribution in [0.4, 0.5) is 0 Å². The van der Waals surface area contributed by atoms with Crippen LogP contribution in [-0.4, -0.2) is 42.9 Å². The van der Waals surface area contributed by atoms with Gasteiger partial charge in [0.05, 0.1) is 13.2 Å². The van der Waals surface area contributed by atoms with E-state index in [1.807, 2.05) is 18.3 Å². The van der Waals surface area contributed by atoms with E-state index in [4.69, 9.17) is 22.7 Å². The molecule has 0 unspecified atom stereocenters. The molecule has 0 aromatic carbocycles. The largest absolute Gasteiger partial charge is 0.383 e. The molecule has 7 heteroatoms. The van der Waals surface area contributed by atoms with Crippen molar-refractivity contribution in [3.8, 4) is 0 Å². The van der Waals surface area contributed by atoms with Crippen LogP contribution < -0.4 is 16.4 Å². The molecule has 0 atom stereocenters. The van der Waals surface area contributed by atoms with E-state index in [2.05, 4.69) is 20.6 Å². The van der Waals surface area contributed by atoms with Crippen LogP contribution >= 0.6 is 12.2 Å². The number of aromatic nitrogens is 1. The van der Waals surface area contributed by atoms with Crippen LogP contribution in [0.15, 0.2) is 29.5 Å². The Balaban J connectivity index is 2.19. The van der Waals surface area contributed by atoms with Gasteiger partial charge in [0.1, 0.15) is 0 Å². The average Bonchev–Trinajstić information content (AvgIpc) is 2.40. The van der Waals surface area contributed by atoms with E-state index in [-0.39, 0.29) is 5.96 Å². The van der Waals surface area contributed by atoms with Crippen molar-refractivity contribution in [1.82, 2.24) is 15.6 Å². The molecule has 19 heavy (non-hydrogen) atoms. The molecule has 1 aromatic heterocycles. The lowest BCUT2D eigenvalue weighted by molar-refractivity contribution is 0.208. The van der Waals surface area contributed by atoms with Gasteiger partial charge in [-0.3, -0.25) is 9.98 Å². The molecule has 0 spiro atoms. The second kappa shape index (κ2) is 9.23. The van der Waals surface area contributed by atoms with E-state index in [0.717, 1.165) is 12.0 Å². The second-order valence-corrected chi connectivity index (χ2v) is 4.16. The first-order valence-corrected chi connectivity index (χ1v) is 6.36. The second-order valence-electron chi connectivity index (χ2n) is 3.75. The minimum Gasteiger partial charge on any atom is -0.383 e. The highest BCUT2D eigenvalue weighted by atomic mass is 32.1. The fourth-order valence-electron chi connectivity index (χ4n) is 1.32. The Kier molecular flexibility index (Phi) is 7.45. The van der Waals surface area contributed by atoms with Crippen molar-refractivity contribution in [2.45, 2.75) is 6.42 Å². The summed E-state index contributed by atoms with van der Waals surface area (Å²) in [4.78, 5) is 8.09. The maximum Gasteiger partial charge on any atom is 0.194 e. The number of guanidine groups is 1. The molecule has 0 bridgehead atoms. The summed E-state index contributed by atoms with van der Waals surface area (Å²) in [6, 6.07) is 3.93. The summed E-state index contributed by atoms with van der Waals surface area (Å²) in [5.74, 6) is 0.288. The van der Waals surface area contributed by atoms with E-state index >= 15 is 0 Å². The summed E-state index contributed by atoms with van der Waals surface area (Å²) < 4.78 is 4.87. The van der Waals surface area contributed by atoms with Gasteiger partial charge in [-0.1, -0.05) is 6.07 Å². The maximum atomic E-state index is 5.64. The molecule has 1 aromatic rings. The van der Waals surface area contributed by atoms with Gasteiger partial charge < -0.3 is 21.1 Å². The van der Waals surface area contributed by atoms with Crippen molar-refractivity contribution in [2.24, 2.45) is 10.7 Å². The Morgan fingerprint density at radius 1 is 1.58 bits per heavy atom. The summed E-state index contributed by atoms with van der Waals surface area (Å²) in [6.07, 6.45) is 4.43. The number of aliphatic imine (C=N–C) groups is 1. The van der Waals surface area contributed by atoms with Crippen molar-refractivity contribution in [3.63, 3.8) is 0 Å². The smallest absolute Gasteiger partial charge is 0.194 e. The van der Waals surface area contributed by atoms with Gasteiger partial charge in [-0.2, -0.15) is 0 Å². The third kappa shape index (κ3) is 7.32. The highest BCUT2D eigenvalue weighted by Gasteiger charge is 1.98. The lowest BCUT2D eigenvalue weighted by Crippen LogP contribution is -2.43. The molecule has 6 nitrogen and oxygen atoms in total. The number of hydrogen-bond donors (Lipinski definition) is 3. The van der Waals surface area contributed by atoms with Gasteiger partial charge in [0.25, 0.3) is 0 Å². The molecule has 0 saturated heterocycles. The zero-order valence-electron chi connectivity index (χ0n) is 10.9. The molecule has 4 N–H and O–H groups in total. The first-order chi connectivity index (χ1) is 9.22. The lowest BCUT2D eigenvalue weighted by Gasteiger charge is -2.09. The number of nitrogens with two attached hydrogens (primary N) is 1. The Morgan fingerprint density at radius 2 is 2.42 bits per heavy atom. The van der Waals surface area contributed by atoms with Crippen LogP contribution in [0.25, 0.3) is 0 Å². The standard InChI is InChI=1S/C12H19N5OS/c1-18-8-7-15-11(13)17-12(19)16-6-4-10-3-2-5-14-9-10/h2-3,5,9H,4,6-8H2,1H3,(H4,13,15,16,17,19). The normalized spacial score (nSPS) is 11.1. The van der Waals surface area contributed by atoms with Gasteiger partial charge in [-0.05, 0) is 30.3 Å². The molecule has 0 fully saturated rings. The van der Waals surface area contributed by atoms with Crippen molar-refractivity contribution in [1.29, 1.82) is 0 Å². The predicted molar refractivity (Wildman–Crippen MR) is 80.0 cm³/mol. The Bertz CT molecular complexity index is 410. The third-order valence-electron chi connectivity index (χ3n) is 2.24. The summed E-state index contributed by atoms with van der Waals surface area (Å²) in [5.41, 5.74) is 6.80. The molecule has 104 valence electrons. The zero-order valence-corrected chi connectivity index (χ0v) is 11.7. The van der Waals surface area contributed by atoms with Crippen LogP contribution in [0.3, 0.4) is 0 Å². The Morgan fingerprint density at radius 3 is 3.11 bits per heavy atom. The first kappa shape index (κ1) is 15.3.